The number of rotatable bonds is 3. The van der Waals surface area contributed by atoms with Crippen LogP contribution in [0.1, 0.15) is 39.7 Å². The highest BCUT2D eigenvalue weighted by molar-refractivity contribution is 7.89. The number of aryl methyl sites for hydroxylation is 1. The van der Waals surface area contributed by atoms with Crippen LogP contribution in [0.2, 0.25) is 0 Å². The van der Waals surface area contributed by atoms with Crippen molar-refractivity contribution in [1.82, 2.24) is 4.72 Å². The van der Waals surface area contributed by atoms with Gasteiger partial charge in [0.2, 0.25) is 10.0 Å². The molecule has 0 saturated heterocycles. The highest BCUT2D eigenvalue weighted by Crippen LogP contribution is 2.62. The predicted octanol–water partition coefficient (Wildman–Crippen LogP) is 2.76. The van der Waals surface area contributed by atoms with Gasteiger partial charge >= 0.3 is 0 Å². The summed E-state index contributed by atoms with van der Waals surface area (Å²) in [5.41, 5.74) is 2.15. The molecule has 1 aliphatic heterocycles. The van der Waals surface area contributed by atoms with Gasteiger partial charge in [-0.2, -0.15) is 0 Å². The zero-order valence-electron chi connectivity index (χ0n) is 13.2. The molecule has 0 radical (unpaired) electrons. The van der Waals surface area contributed by atoms with Gasteiger partial charge in [0.25, 0.3) is 0 Å². The van der Waals surface area contributed by atoms with Crippen LogP contribution in [0, 0.1) is 10.8 Å². The van der Waals surface area contributed by atoms with Crippen molar-refractivity contribution in [3.63, 3.8) is 0 Å². The van der Waals surface area contributed by atoms with Crippen LogP contribution in [-0.2, 0) is 16.4 Å². The lowest BCUT2D eigenvalue weighted by Crippen LogP contribution is -2.30. The largest absolute Gasteiger partial charge is 0.385 e. The van der Waals surface area contributed by atoms with Gasteiger partial charge in [-0.15, -0.1) is 0 Å². The van der Waals surface area contributed by atoms with Crippen molar-refractivity contribution in [2.75, 3.05) is 11.9 Å². The first-order valence-electron chi connectivity index (χ1n) is 7.55. The fourth-order valence-electron chi connectivity index (χ4n) is 3.33. The highest BCUT2D eigenvalue weighted by Gasteiger charge is 2.66. The Bertz CT molecular complexity index is 664. The van der Waals surface area contributed by atoms with E-state index in [1.807, 2.05) is 12.1 Å². The van der Waals surface area contributed by atoms with Crippen LogP contribution < -0.4 is 10.0 Å². The Morgan fingerprint density at radius 1 is 1.19 bits per heavy atom. The summed E-state index contributed by atoms with van der Waals surface area (Å²) in [7, 11) is -3.45. The predicted molar refractivity (Wildman–Crippen MR) is 84.9 cm³/mol. The first kappa shape index (κ1) is 14.9. The third-order valence-electron chi connectivity index (χ3n) is 5.62. The molecule has 0 unspecified atom stereocenters. The van der Waals surface area contributed by atoms with Crippen LogP contribution in [0.3, 0.4) is 0 Å². The molecule has 1 fully saturated rings. The molecule has 0 aromatic heterocycles. The minimum absolute atomic E-state index is 0.00413. The smallest absolute Gasteiger partial charge is 0.240 e. The van der Waals surface area contributed by atoms with Crippen molar-refractivity contribution < 1.29 is 8.42 Å². The van der Waals surface area contributed by atoms with E-state index in [0.29, 0.717) is 4.90 Å². The number of benzene rings is 1. The summed E-state index contributed by atoms with van der Waals surface area (Å²) in [6.45, 7) is 9.39. The monoisotopic (exact) mass is 308 g/mol. The highest BCUT2D eigenvalue weighted by atomic mass is 32.2. The van der Waals surface area contributed by atoms with Gasteiger partial charge < -0.3 is 5.32 Å². The molecule has 1 aromatic carbocycles. The molecule has 5 heteroatoms. The lowest BCUT2D eigenvalue weighted by Gasteiger charge is -2.19. The van der Waals surface area contributed by atoms with E-state index in [0.717, 1.165) is 30.6 Å². The van der Waals surface area contributed by atoms with Crippen LogP contribution in [0.4, 0.5) is 5.69 Å². The molecule has 116 valence electrons. The van der Waals surface area contributed by atoms with Gasteiger partial charge in [0.15, 0.2) is 0 Å². The van der Waals surface area contributed by atoms with Crippen LogP contribution in [0.15, 0.2) is 23.1 Å². The summed E-state index contributed by atoms with van der Waals surface area (Å²) in [4.78, 5) is 0.378. The van der Waals surface area contributed by atoms with Gasteiger partial charge in [0, 0.05) is 18.3 Å². The van der Waals surface area contributed by atoms with Crippen molar-refractivity contribution in [2.45, 2.75) is 51.5 Å². The summed E-state index contributed by atoms with van der Waals surface area (Å²) in [5, 5.41) is 3.31. The Morgan fingerprint density at radius 2 is 1.86 bits per heavy atom. The van der Waals surface area contributed by atoms with Gasteiger partial charge in [0.05, 0.1) is 4.90 Å². The Morgan fingerprint density at radius 3 is 2.48 bits per heavy atom. The zero-order chi connectivity index (χ0) is 15.5. The van der Waals surface area contributed by atoms with Crippen LogP contribution in [0.25, 0.3) is 0 Å². The summed E-state index contributed by atoms with van der Waals surface area (Å²) >= 11 is 0. The Labute approximate surface area is 127 Å². The molecule has 0 spiro atoms. The van der Waals surface area contributed by atoms with Crippen LogP contribution >= 0.6 is 0 Å². The first-order chi connectivity index (χ1) is 9.66. The van der Waals surface area contributed by atoms with E-state index >= 15 is 0 Å². The number of hydrogen-bond acceptors (Lipinski definition) is 3. The van der Waals surface area contributed by atoms with Gasteiger partial charge in [-0.3, -0.25) is 0 Å². The standard InChI is InChI=1S/C16H24N2O2S/c1-15(2)14(16(15,3)4)18-21(19,20)12-7-8-13-11(10-12)6-5-9-17-13/h7-8,10,14,17-18H,5-6,9H2,1-4H3. The molecule has 2 N–H and O–H groups in total. The second kappa shape index (κ2) is 4.46. The maximum absolute atomic E-state index is 12.6. The molecular formula is C16H24N2O2S. The Hall–Kier alpha value is -1.07. The summed E-state index contributed by atoms with van der Waals surface area (Å²) in [5.74, 6) is 0. The minimum atomic E-state index is -3.45. The molecule has 2 aliphatic rings. The number of nitrogens with one attached hydrogen (secondary N) is 2. The molecule has 1 aromatic rings. The second-order valence-corrected chi connectivity index (χ2v) is 9.06. The van der Waals surface area contributed by atoms with Crippen molar-refractivity contribution in [3.8, 4) is 0 Å². The molecule has 0 amide bonds. The lowest BCUT2D eigenvalue weighted by atomic mass is 10.0. The number of hydrogen-bond donors (Lipinski definition) is 2. The minimum Gasteiger partial charge on any atom is -0.385 e. The number of sulfonamides is 1. The van der Waals surface area contributed by atoms with Crippen molar-refractivity contribution in [2.24, 2.45) is 10.8 Å². The molecule has 3 rings (SSSR count). The summed E-state index contributed by atoms with van der Waals surface area (Å²) in [6.07, 6.45) is 1.98. The van der Waals surface area contributed by atoms with E-state index in [9.17, 15) is 8.42 Å². The fraction of sp³-hybridized carbons (Fsp3) is 0.625. The molecule has 4 nitrogen and oxygen atoms in total. The number of anilines is 1. The molecular weight excluding hydrogens is 284 g/mol. The normalized spacial score (nSPS) is 23.2. The van der Waals surface area contributed by atoms with Crippen molar-refractivity contribution in [3.05, 3.63) is 23.8 Å². The van der Waals surface area contributed by atoms with E-state index < -0.39 is 10.0 Å². The summed E-state index contributed by atoms with van der Waals surface area (Å²) < 4.78 is 28.1. The van der Waals surface area contributed by atoms with Gasteiger partial charge in [-0.25, -0.2) is 13.1 Å². The second-order valence-electron chi connectivity index (χ2n) is 7.35. The summed E-state index contributed by atoms with van der Waals surface area (Å²) in [6, 6.07) is 5.38. The Balaban J connectivity index is 1.86. The van der Waals surface area contributed by atoms with Gasteiger partial charge in [-0.05, 0) is 47.4 Å². The van der Waals surface area contributed by atoms with Crippen LogP contribution in [0.5, 0.6) is 0 Å². The van der Waals surface area contributed by atoms with E-state index in [-0.39, 0.29) is 16.9 Å². The zero-order valence-corrected chi connectivity index (χ0v) is 14.0. The lowest BCUT2D eigenvalue weighted by molar-refractivity contribution is 0.457. The van der Waals surface area contributed by atoms with E-state index in [2.05, 4.69) is 37.7 Å². The quantitative estimate of drug-likeness (QED) is 0.902. The average Bonchev–Trinajstić information content (AvgIpc) is 2.80. The van der Waals surface area contributed by atoms with Gasteiger partial charge in [0.1, 0.15) is 0 Å². The van der Waals surface area contributed by atoms with Crippen LogP contribution in [-0.4, -0.2) is 21.0 Å². The van der Waals surface area contributed by atoms with Crippen molar-refractivity contribution in [1.29, 1.82) is 0 Å². The molecule has 1 saturated carbocycles. The topological polar surface area (TPSA) is 58.2 Å². The third kappa shape index (κ3) is 2.27. The van der Waals surface area contributed by atoms with E-state index in [1.165, 1.54) is 0 Å². The number of fused-ring (bicyclic) bond motifs is 1. The molecule has 21 heavy (non-hydrogen) atoms. The third-order valence-corrected chi connectivity index (χ3v) is 7.04. The van der Waals surface area contributed by atoms with Gasteiger partial charge in [-0.1, -0.05) is 27.7 Å². The maximum Gasteiger partial charge on any atom is 0.240 e. The van der Waals surface area contributed by atoms with E-state index in [1.54, 1.807) is 6.07 Å². The fourth-order valence-corrected chi connectivity index (χ4v) is 4.91. The molecule has 0 atom stereocenters. The average molecular weight is 308 g/mol. The Kier molecular flexibility index (Phi) is 3.16. The van der Waals surface area contributed by atoms with E-state index in [4.69, 9.17) is 0 Å². The first-order valence-corrected chi connectivity index (χ1v) is 9.04. The SMILES string of the molecule is CC1(C)C(NS(=O)(=O)c2ccc3c(c2)CCCN3)C1(C)C. The van der Waals surface area contributed by atoms with Crippen molar-refractivity contribution >= 4 is 15.7 Å². The molecule has 1 heterocycles. The molecule has 1 aliphatic carbocycles. The maximum atomic E-state index is 12.6. The molecule has 0 bridgehead atoms.